The van der Waals surface area contributed by atoms with E-state index < -0.39 is 5.97 Å². The normalized spacial score (nSPS) is 10.5. The van der Waals surface area contributed by atoms with Gasteiger partial charge in [0, 0.05) is 140 Å². The Morgan fingerprint density at radius 3 is 1.34 bits per heavy atom. The van der Waals surface area contributed by atoms with Gasteiger partial charge in [-0.3, -0.25) is 0 Å². The monoisotopic (exact) mass is 587 g/mol. The zero-order valence-electron chi connectivity index (χ0n) is 23.0. The van der Waals surface area contributed by atoms with E-state index in [2.05, 4.69) is 6.07 Å². The van der Waals surface area contributed by atoms with Crippen LogP contribution in [0.4, 0.5) is 17.1 Å². The van der Waals surface area contributed by atoms with Crippen LogP contribution in [0.3, 0.4) is 0 Å². The Hall–Kier alpha value is -3.36. The van der Waals surface area contributed by atoms with E-state index in [-0.39, 0.29) is 38.3 Å². The summed E-state index contributed by atoms with van der Waals surface area (Å²) in [5, 5.41) is 10.4. The maximum absolute atomic E-state index is 12.7. The Morgan fingerprint density at radius 1 is 0.658 bits per heavy atom. The molecule has 0 aliphatic carbocycles. The zero-order chi connectivity index (χ0) is 26.9. The van der Waals surface area contributed by atoms with Crippen LogP contribution in [0.1, 0.15) is 15.9 Å². The van der Waals surface area contributed by atoms with Gasteiger partial charge in [0.15, 0.2) is 37.2 Å². The Kier molecular flexibility index (Phi) is 9.23. The number of aromatic carboxylic acids is 1. The third-order valence-electron chi connectivity index (χ3n) is 6.39. The van der Waals surface area contributed by atoms with Crippen LogP contribution in [0.5, 0.6) is 0 Å². The number of pyridine rings is 3. The first-order chi connectivity index (χ1) is 17.6. The van der Waals surface area contributed by atoms with Crippen molar-refractivity contribution in [1.29, 1.82) is 0 Å². The van der Waals surface area contributed by atoms with E-state index in [1.807, 2.05) is 151 Å². The van der Waals surface area contributed by atoms with Crippen LogP contribution in [0, 0.1) is 13.0 Å². The van der Waals surface area contributed by atoms with Gasteiger partial charge < -0.3 is 24.6 Å². The first kappa shape index (κ1) is 29.2. The van der Waals surface area contributed by atoms with Crippen molar-refractivity contribution in [2.75, 3.05) is 57.0 Å². The Morgan fingerprint density at radius 2 is 1.00 bits per heavy atom. The summed E-state index contributed by atoms with van der Waals surface area (Å²) in [6.07, 6.45) is 11.6. The van der Waals surface area contributed by atoms with Crippen LogP contribution in [-0.4, -0.2) is 53.4 Å². The number of rotatable bonds is 7. The van der Waals surface area contributed by atoms with E-state index in [0.29, 0.717) is 11.4 Å². The van der Waals surface area contributed by atoms with Crippen LogP contribution in [0.25, 0.3) is 17.1 Å². The Bertz CT molecular complexity index is 1420. The van der Waals surface area contributed by atoms with E-state index in [9.17, 15) is 9.90 Å². The molecule has 3 aromatic heterocycles. The second-order valence-electron chi connectivity index (χ2n) is 9.55. The number of anilines is 3. The van der Waals surface area contributed by atoms with Gasteiger partial charge in [-0.1, -0.05) is 13.0 Å². The fourth-order valence-electron chi connectivity index (χ4n) is 4.26. The molecule has 0 amide bonds. The van der Waals surface area contributed by atoms with Gasteiger partial charge in [0.25, 0.3) is 5.97 Å². The molecule has 0 saturated carbocycles. The molecule has 0 saturated heterocycles. The summed E-state index contributed by atoms with van der Waals surface area (Å²) in [5.74, 6) is -1.04. The van der Waals surface area contributed by atoms with Gasteiger partial charge >= 0.3 is 0 Å². The zero-order valence-corrected chi connectivity index (χ0v) is 25.9. The Labute approximate surface area is 249 Å². The van der Waals surface area contributed by atoms with Crippen molar-refractivity contribution in [1.82, 2.24) is 0 Å². The number of benzene rings is 1. The average Bonchev–Trinajstić information content (AvgIpc) is 2.88. The van der Waals surface area contributed by atoms with Crippen molar-refractivity contribution in [2.45, 2.75) is 6.92 Å². The standard InChI is InChI=1S/C29H33N6O2.Y/c1-21-26(33-14-8-22(9-15-33)30(2)3)20-25(29(36)37)28(35-18-12-24(13-19-35)32(6)7)27(21)34-16-10-23(11-17-34)31(4)5;/h8-19H,1-7H3;/q+1;/p+1. The second kappa shape index (κ2) is 12.0. The molecule has 8 nitrogen and oxygen atoms in total. The van der Waals surface area contributed by atoms with Gasteiger partial charge in [-0.25, -0.2) is 4.57 Å². The maximum Gasteiger partial charge on any atom is 0.254 e. The van der Waals surface area contributed by atoms with Gasteiger partial charge in [0.1, 0.15) is 5.69 Å². The molecule has 0 aliphatic rings. The number of carbonyl (C=O) groups is 1. The molecule has 1 N–H and O–H groups in total. The van der Waals surface area contributed by atoms with Gasteiger partial charge in [-0.05, 0) is 0 Å². The molecular formula is C29H34N6O2Y+2. The molecule has 0 unspecified atom stereocenters. The van der Waals surface area contributed by atoms with E-state index >= 15 is 0 Å². The number of hydrogen-bond donors (Lipinski definition) is 1. The first-order valence-corrected chi connectivity index (χ1v) is 12.0. The number of carboxylic acid groups (broad SMARTS) is 1. The predicted octanol–water partition coefficient (Wildman–Crippen LogP) is 2.52. The van der Waals surface area contributed by atoms with Gasteiger partial charge in [-0.2, -0.15) is 9.13 Å². The van der Waals surface area contributed by atoms with E-state index in [1.165, 1.54) is 0 Å². The molecule has 0 spiro atoms. The SMILES string of the molecule is Cc1c(-[n+]2ccc(N(C)C)cc2)[c-]c(C(=O)O)c(-[n+]2ccc(N(C)C)cc2)c1-[n+]1ccc(N(C)C)cc1.[Y]. The summed E-state index contributed by atoms with van der Waals surface area (Å²) in [4.78, 5) is 18.7. The van der Waals surface area contributed by atoms with Gasteiger partial charge in [0.2, 0.25) is 11.4 Å². The smallest absolute Gasteiger partial charge is 0.254 e. The summed E-state index contributed by atoms with van der Waals surface area (Å²) in [6.45, 7) is 2.00. The molecule has 3 heterocycles. The number of carboxylic acids is 1. The quantitative estimate of drug-likeness (QED) is 0.266. The molecule has 4 rings (SSSR count). The third-order valence-corrected chi connectivity index (χ3v) is 6.39. The number of aromatic nitrogens is 3. The van der Waals surface area contributed by atoms with Crippen LogP contribution in [0.2, 0.25) is 0 Å². The fraction of sp³-hybridized carbons (Fsp3) is 0.241. The van der Waals surface area contributed by atoms with Crippen molar-refractivity contribution in [3.8, 4) is 17.1 Å². The average molecular weight is 588 g/mol. The van der Waals surface area contributed by atoms with Crippen LogP contribution in [-0.2, 0) is 32.7 Å². The molecular weight excluding hydrogens is 553 g/mol. The molecule has 0 aliphatic heterocycles. The largest absolute Gasteiger partial charge is 0.521 e. The summed E-state index contributed by atoms with van der Waals surface area (Å²) in [6, 6.07) is 15.2. The summed E-state index contributed by atoms with van der Waals surface area (Å²) >= 11 is 0. The molecule has 0 atom stereocenters. The van der Waals surface area contributed by atoms with Gasteiger partial charge in [-0.15, -0.1) is 0 Å². The van der Waals surface area contributed by atoms with Crippen LogP contribution < -0.4 is 28.4 Å². The molecule has 38 heavy (non-hydrogen) atoms. The van der Waals surface area contributed by atoms with Gasteiger partial charge in [0.05, 0.1) is 0 Å². The van der Waals surface area contributed by atoms with Crippen LogP contribution >= 0.6 is 0 Å². The molecule has 4 aromatic rings. The molecule has 193 valence electrons. The number of nitrogens with zero attached hydrogens (tertiary/aromatic N) is 6. The van der Waals surface area contributed by atoms with Crippen molar-refractivity contribution < 1.29 is 56.3 Å². The van der Waals surface area contributed by atoms with Crippen molar-refractivity contribution >= 4 is 23.0 Å². The fourth-order valence-corrected chi connectivity index (χ4v) is 4.26. The molecule has 1 aromatic carbocycles. The Balaban J connectivity index is 0.00000400. The minimum absolute atomic E-state index is 0. The van der Waals surface area contributed by atoms with Crippen molar-refractivity contribution in [2.24, 2.45) is 0 Å². The molecule has 0 fully saturated rings. The summed E-state index contributed by atoms with van der Waals surface area (Å²) < 4.78 is 5.74. The number of hydrogen-bond acceptors (Lipinski definition) is 4. The third kappa shape index (κ3) is 5.87. The van der Waals surface area contributed by atoms with E-state index in [1.54, 1.807) is 0 Å². The molecule has 0 bridgehead atoms. The predicted molar refractivity (Wildman–Crippen MR) is 145 cm³/mol. The van der Waals surface area contributed by atoms with Crippen molar-refractivity contribution in [3.63, 3.8) is 0 Å². The summed E-state index contributed by atoms with van der Waals surface area (Å²) in [5.41, 5.74) is 6.10. The minimum atomic E-state index is -1.04. The molecule has 9 heteroatoms. The maximum atomic E-state index is 12.7. The topological polar surface area (TPSA) is 58.7 Å². The first-order valence-electron chi connectivity index (χ1n) is 12.0. The van der Waals surface area contributed by atoms with Crippen molar-refractivity contribution in [3.05, 3.63) is 90.8 Å². The minimum Gasteiger partial charge on any atom is -0.521 e. The van der Waals surface area contributed by atoms with Crippen LogP contribution in [0.15, 0.2) is 73.6 Å². The second-order valence-corrected chi connectivity index (χ2v) is 9.55. The van der Waals surface area contributed by atoms with E-state index in [4.69, 9.17) is 0 Å². The summed E-state index contributed by atoms with van der Waals surface area (Å²) in [7, 11) is 11.9. The molecule has 1 radical (unpaired) electrons. The van der Waals surface area contributed by atoms with E-state index in [0.717, 1.165) is 28.3 Å².